The van der Waals surface area contributed by atoms with E-state index in [0.717, 1.165) is 37.7 Å². The van der Waals surface area contributed by atoms with Crippen LogP contribution >= 0.6 is 0 Å². The number of methoxy groups -OCH3 is 2. The molecule has 2 N–H and O–H groups in total. The van der Waals surface area contributed by atoms with Crippen LogP contribution in [0.5, 0.6) is 11.5 Å². The minimum Gasteiger partial charge on any atom is -0.494 e. The van der Waals surface area contributed by atoms with E-state index >= 15 is 0 Å². The number of hydrogen-bond donors (Lipinski definition) is 1. The normalized spacial score (nSPS) is 15.8. The third-order valence-electron chi connectivity index (χ3n) is 2.88. The molecule has 0 aromatic heterocycles. The molecule has 1 saturated heterocycles. The molecule has 0 saturated carbocycles. The molecule has 0 bridgehead atoms. The van der Waals surface area contributed by atoms with Gasteiger partial charge in [0.05, 0.1) is 38.8 Å². The van der Waals surface area contributed by atoms with Crippen molar-refractivity contribution in [2.75, 3.05) is 51.2 Å². The number of nitrogens with two attached hydrogens (primary N) is 1. The molecule has 0 aliphatic carbocycles. The molecule has 1 aliphatic rings. The van der Waals surface area contributed by atoms with Crippen molar-refractivity contribution in [3.8, 4) is 11.5 Å². The van der Waals surface area contributed by atoms with Crippen LogP contribution in [-0.2, 0) is 4.74 Å². The molecule has 1 fully saturated rings. The minimum absolute atomic E-state index is 0.620. The fourth-order valence-corrected chi connectivity index (χ4v) is 1.96. The van der Waals surface area contributed by atoms with Gasteiger partial charge in [-0.2, -0.15) is 0 Å². The molecule has 5 heteroatoms. The Labute approximate surface area is 101 Å². The van der Waals surface area contributed by atoms with E-state index < -0.39 is 0 Å². The fourth-order valence-electron chi connectivity index (χ4n) is 1.96. The summed E-state index contributed by atoms with van der Waals surface area (Å²) in [7, 11) is 3.24. The summed E-state index contributed by atoms with van der Waals surface area (Å²) in [6, 6.07) is 3.71. The molecular formula is C12H18N2O3. The number of ether oxygens (including phenoxy) is 3. The number of anilines is 2. The summed E-state index contributed by atoms with van der Waals surface area (Å²) in [6.07, 6.45) is 0. The molecule has 17 heavy (non-hydrogen) atoms. The molecule has 5 nitrogen and oxygen atoms in total. The molecule has 0 atom stereocenters. The van der Waals surface area contributed by atoms with E-state index in [-0.39, 0.29) is 0 Å². The Kier molecular flexibility index (Phi) is 3.58. The molecule has 1 heterocycles. The van der Waals surface area contributed by atoms with E-state index in [0.29, 0.717) is 11.4 Å². The van der Waals surface area contributed by atoms with Crippen LogP contribution in [0.3, 0.4) is 0 Å². The average Bonchev–Trinajstić information content (AvgIpc) is 2.39. The van der Waals surface area contributed by atoms with Crippen molar-refractivity contribution in [1.29, 1.82) is 0 Å². The molecule has 0 unspecified atom stereocenters. The van der Waals surface area contributed by atoms with Crippen molar-refractivity contribution in [3.63, 3.8) is 0 Å². The van der Waals surface area contributed by atoms with E-state index in [9.17, 15) is 0 Å². The van der Waals surface area contributed by atoms with E-state index in [2.05, 4.69) is 4.90 Å². The Morgan fingerprint density at radius 3 is 2.35 bits per heavy atom. The molecule has 1 aromatic carbocycles. The predicted octanol–water partition coefficient (Wildman–Crippen LogP) is 1.12. The van der Waals surface area contributed by atoms with Gasteiger partial charge in [0, 0.05) is 19.2 Å². The van der Waals surface area contributed by atoms with Gasteiger partial charge in [0.15, 0.2) is 0 Å². The van der Waals surface area contributed by atoms with Crippen LogP contribution in [0.1, 0.15) is 0 Å². The zero-order chi connectivity index (χ0) is 12.3. The summed E-state index contributed by atoms with van der Waals surface area (Å²) in [4.78, 5) is 2.21. The minimum atomic E-state index is 0.620. The quantitative estimate of drug-likeness (QED) is 0.800. The lowest BCUT2D eigenvalue weighted by molar-refractivity contribution is 0.122. The molecule has 94 valence electrons. The first-order valence-corrected chi connectivity index (χ1v) is 5.60. The molecule has 1 aromatic rings. The van der Waals surface area contributed by atoms with E-state index in [1.54, 1.807) is 14.2 Å². The highest BCUT2D eigenvalue weighted by atomic mass is 16.5. The lowest BCUT2D eigenvalue weighted by atomic mass is 10.2. The van der Waals surface area contributed by atoms with Gasteiger partial charge in [-0.3, -0.25) is 0 Å². The highest BCUT2D eigenvalue weighted by molar-refractivity contribution is 5.70. The third-order valence-corrected chi connectivity index (χ3v) is 2.88. The highest BCUT2D eigenvalue weighted by Crippen LogP contribution is 2.37. The lowest BCUT2D eigenvalue weighted by Gasteiger charge is -2.30. The second kappa shape index (κ2) is 5.14. The van der Waals surface area contributed by atoms with Crippen LogP contribution in [0.25, 0.3) is 0 Å². The van der Waals surface area contributed by atoms with Crippen molar-refractivity contribution >= 4 is 11.4 Å². The van der Waals surface area contributed by atoms with E-state index in [1.165, 1.54) is 0 Å². The van der Waals surface area contributed by atoms with Gasteiger partial charge in [-0.15, -0.1) is 0 Å². The number of rotatable bonds is 3. The van der Waals surface area contributed by atoms with Gasteiger partial charge in [-0.05, 0) is 6.07 Å². The van der Waals surface area contributed by atoms with Gasteiger partial charge < -0.3 is 24.8 Å². The molecule has 0 radical (unpaired) electrons. The van der Waals surface area contributed by atoms with Gasteiger partial charge in [0.2, 0.25) is 0 Å². The first-order valence-electron chi connectivity index (χ1n) is 5.60. The van der Waals surface area contributed by atoms with Crippen molar-refractivity contribution in [2.24, 2.45) is 0 Å². The van der Waals surface area contributed by atoms with E-state index in [1.807, 2.05) is 12.1 Å². The van der Waals surface area contributed by atoms with Gasteiger partial charge in [0.1, 0.15) is 11.5 Å². The van der Waals surface area contributed by atoms with Crippen LogP contribution in [0.15, 0.2) is 12.1 Å². The lowest BCUT2D eigenvalue weighted by Crippen LogP contribution is -2.36. The van der Waals surface area contributed by atoms with E-state index in [4.69, 9.17) is 19.9 Å². The standard InChI is InChI=1S/C12H18N2O3/c1-15-11-8-12(16-2)10(7-9(11)13)14-3-5-17-6-4-14/h7-8H,3-6,13H2,1-2H3. The Balaban J connectivity index is 2.34. The summed E-state index contributed by atoms with van der Waals surface area (Å²) in [5.74, 6) is 1.41. The second-order valence-corrected chi connectivity index (χ2v) is 3.87. The smallest absolute Gasteiger partial charge is 0.146 e. The SMILES string of the molecule is COc1cc(OC)c(N2CCOCC2)cc1N. The average molecular weight is 238 g/mol. The summed E-state index contributed by atoms with van der Waals surface area (Å²) in [6.45, 7) is 3.16. The molecule has 2 rings (SSSR count). The molecule has 0 spiro atoms. The maximum Gasteiger partial charge on any atom is 0.146 e. The van der Waals surface area contributed by atoms with Crippen LogP contribution in [0.2, 0.25) is 0 Å². The second-order valence-electron chi connectivity index (χ2n) is 3.87. The van der Waals surface area contributed by atoms with Gasteiger partial charge in [0.25, 0.3) is 0 Å². The zero-order valence-electron chi connectivity index (χ0n) is 10.2. The first kappa shape index (κ1) is 11.9. The topological polar surface area (TPSA) is 57.0 Å². The van der Waals surface area contributed by atoms with Gasteiger partial charge >= 0.3 is 0 Å². The Morgan fingerprint density at radius 2 is 1.76 bits per heavy atom. The molecular weight excluding hydrogens is 220 g/mol. The Morgan fingerprint density at radius 1 is 1.12 bits per heavy atom. The van der Waals surface area contributed by atoms with Gasteiger partial charge in [-0.1, -0.05) is 0 Å². The Bertz CT molecular complexity index is 390. The van der Waals surface area contributed by atoms with Crippen LogP contribution in [0.4, 0.5) is 11.4 Å². The zero-order valence-corrected chi connectivity index (χ0v) is 10.2. The van der Waals surface area contributed by atoms with Crippen LogP contribution < -0.4 is 20.1 Å². The third kappa shape index (κ3) is 2.39. The summed E-state index contributed by atoms with van der Waals surface area (Å²) in [5, 5.41) is 0. The van der Waals surface area contributed by atoms with Crippen molar-refractivity contribution in [3.05, 3.63) is 12.1 Å². The summed E-state index contributed by atoms with van der Waals surface area (Å²) >= 11 is 0. The maximum atomic E-state index is 5.92. The first-order chi connectivity index (χ1) is 8.26. The summed E-state index contributed by atoms with van der Waals surface area (Å²) < 4.78 is 15.9. The predicted molar refractivity (Wildman–Crippen MR) is 67.0 cm³/mol. The van der Waals surface area contributed by atoms with Gasteiger partial charge in [-0.25, -0.2) is 0 Å². The number of nitrogens with zero attached hydrogens (tertiary/aromatic N) is 1. The van der Waals surface area contributed by atoms with Crippen molar-refractivity contribution in [2.45, 2.75) is 0 Å². The monoisotopic (exact) mass is 238 g/mol. The van der Waals surface area contributed by atoms with Crippen LogP contribution in [0, 0.1) is 0 Å². The Hall–Kier alpha value is -1.62. The largest absolute Gasteiger partial charge is 0.494 e. The highest BCUT2D eigenvalue weighted by Gasteiger charge is 2.17. The number of hydrogen-bond acceptors (Lipinski definition) is 5. The number of benzene rings is 1. The number of morpholine rings is 1. The maximum absolute atomic E-state index is 5.92. The molecule has 1 aliphatic heterocycles. The molecule has 0 amide bonds. The van der Waals surface area contributed by atoms with Crippen molar-refractivity contribution < 1.29 is 14.2 Å². The van der Waals surface area contributed by atoms with Crippen LogP contribution in [-0.4, -0.2) is 40.5 Å². The fraction of sp³-hybridized carbons (Fsp3) is 0.500. The summed E-state index contributed by atoms with van der Waals surface area (Å²) in [5.41, 5.74) is 7.54. The van der Waals surface area contributed by atoms with Crippen molar-refractivity contribution in [1.82, 2.24) is 0 Å². The number of nitrogen functional groups attached to an aromatic ring is 1.